The van der Waals surface area contributed by atoms with E-state index in [0.29, 0.717) is 16.9 Å². The summed E-state index contributed by atoms with van der Waals surface area (Å²) in [4.78, 5) is 0. The molecule has 3 rings (SSSR count). The highest BCUT2D eigenvalue weighted by Crippen LogP contribution is 2.21. The average molecular weight is 356 g/mol. The number of anilines is 1. The van der Waals surface area contributed by atoms with Gasteiger partial charge in [-0.05, 0) is 30.2 Å². The van der Waals surface area contributed by atoms with Crippen molar-refractivity contribution in [1.29, 1.82) is 0 Å². The van der Waals surface area contributed by atoms with Crippen molar-refractivity contribution in [2.45, 2.75) is 17.8 Å². The lowest BCUT2D eigenvalue weighted by Crippen LogP contribution is -2.13. The van der Waals surface area contributed by atoms with Gasteiger partial charge >= 0.3 is 0 Å². The number of hydrogen-bond acceptors (Lipinski definition) is 6. The first-order valence-corrected chi connectivity index (χ1v) is 8.55. The first-order chi connectivity index (χ1) is 12.1. The summed E-state index contributed by atoms with van der Waals surface area (Å²) in [6.07, 6.45) is 0. The van der Waals surface area contributed by atoms with E-state index >= 15 is 0 Å². The molecule has 0 aliphatic heterocycles. The van der Waals surface area contributed by atoms with Gasteiger partial charge in [0.05, 0.1) is 5.71 Å². The van der Waals surface area contributed by atoms with Crippen LogP contribution in [0.5, 0.6) is 0 Å². The van der Waals surface area contributed by atoms with E-state index in [1.165, 1.54) is 28.6 Å². The second-order valence-electron chi connectivity index (χ2n) is 5.27. The molecular weight excluding hydrogens is 339 g/mol. The van der Waals surface area contributed by atoms with Gasteiger partial charge in [-0.1, -0.05) is 54.2 Å². The van der Waals surface area contributed by atoms with Crippen LogP contribution in [0.2, 0.25) is 0 Å². The molecule has 3 aromatic rings. The number of hydrogen-bond donors (Lipinski definition) is 2. The van der Waals surface area contributed by atoms with Crippen LogP contribution in [0.3, 0.4) is 0 Å². The van der Waals surface area contributed by atoms with Gasteiger partial charge in [0.1, 0.15) is 5.82 Å². The third-order valence-corrected chi connectivity index (χ3v) is 4.48. The van der Waals surface area contributed by atoms with Gasteiger partial charge in [0.15, 0.2) is 0 Å². The minimum absolute atomic E-state index is 0.256. The van der Waals surface area contributed by atoms with E-state index in [1.54, 1.807) is 12.1 Å². The van der Waals surface area contributed by atoms with E-state index in [9.17, 15) is 4.39 Å². The summed E-state index contributed by atoms with van der Waals surface area (Å²) in [5.74, 6) is 6.70. The summed E-state index contributed by atoms with van der Waals surface area (Å²) in [5.41, 5.74) is 5.61. The molecule has 6 nitrogen and oxygen atoms in total. The lowest BCUT2D eigenvalue weighted by molar-refractivity contribution is 0.627. The van der Waals surface area contributed by atoms with Crippen molar-refractivity contribution in [3.8, 4) is 0 Å². The number of benzene rings is 2. The Balaban J connectivity index is 1.64. The molecular formula is C17H17FN6S. The van der Waals surface area contributed by atoms with Crippen LogP contribution in [0, 0.1) is 5.82 Å². The molecule has 0 aliphatic rings. The summed E-state index contributed by atoms with van der Waals surface area (Å²) in [6.45, 7) is 1.89. The van der Waals surface area contributed by atoms with Crippen LogP contribution in [0.4, 0.5) is 10.3 Å². The number of thioether (sulfide) groups is 1. The van der Waals surface area contributed by atoms with E-state index in [2.05, 4.69) is 20.7 Å². The van der Waals surface area contributed by atoms with Gasteiger partial charge in [0.25, 0.3) is 5.95 Å². The van der Waals surface area contributed by atoms with Crippen molar-refractivity contribution >= 4 is 23.4 Å². The third kappa shape index (κ3) is 4.36. The second-order valence-corrected chi connectivity index (χ2v) is 6.21. The molecule has 0 aliphatic carbocycles. The monoisotopic (exact) mass is 356 g/mol. The van der Waals surface area contributed by atoms with E-state index in [-0.39, 0.29) is 5.82 Å². The Morgan fingerprint density at radius 1 is 1.16 bits per heavy atom. The maximum Gasteiger partial charge on any atom is 0.264 e. The number of nitrogens with one attached hydrogen (secondary N) is 1. The largest absolute Gasteiger partial charge is 0.334 e. The molecule has 0 amide bonds. The molecule has 8 heteroatoms. The first-order valence-electron chi connectivity index (χ1n) is 7.57. The number of nitrogen functional groups attached to an aromatic ring is 1. The predicted octanol–water partition coefficient (Wildman–Crippen LogP) is 3.26. The van der Waals surface area contributed by atoms with E-state index in [4.69, 9.17) is 5.84 Å². The van der Waals surface area contributed by atoms with Gasteiger partial charge in [0, 0.05) is 5.75 Å². The molecule has 0 saturated heterocycles. The predicted molar refractivity (Wildman–Crippen MR) is 98.4 cm³/mol. The minimum Gasteiger partial charge on any atom is -0.334 e. The summed E-state index contributed by atoms with van der Waals surface area (Å²) >= 11 is 1.41. The SMILES string of the molecule is C/C(=N\Nc1nnc(SCc2ccc(F)cc2)n1N)c1ccccc1. The number of rotatable bonds is 6. The molecule has 3 N–H and O–H groups in total. The first kappa shape index (κ1) is 17.0. The summed E-state index contributed by atoms with van der Waals surface area (Å²) in [6, 6.07) is 16.1. The number of aromatic nitrogens is 3. The van der Waals surface area contributed by atoms with Crippen molar-refractivity contribution in [3.05, 3.63) is 71.5 Å². The number of nitrogens with zero attached hydrogens (tertiary/aromatic N) is 4. The van der Waals surface area contributed by atoms with E-state index < -0.39 is 0 Å². The summed E-state index contributed by atoms with van der Waals surface area (Å²) < 4.78 is 14.3. The molecule has 1 aromatic heterocycles. The summed E-state index contributed by atoms with van der Waals surface area (Å²) in [5, 5.41) is 12.9. The fourth-order valence-corrected chi connectivity index (χ4v) is 2.87. The fourth-order valence-electron chi connectivity index (χ4n) is 2.06. The van der Waals surface area contributed by atoms with Crippen LogP contribution >= 0.6 is 11.8 Å². The Bertz CT molecular complexity index is 861. The molecule has 0 bridgehead atoms. The zero-order valence-corrected chi connectivity index (χ0v) is 14.4. The van der Waals surface area contributed by atoms with Gasteiger partial charge in [-0.25, -0.2) is 14.5 Å². The molecule has 25 heavy (non-hydrogen) atoms. The molecule has 0 unspecified atom stereocenters. The maximum atomic E-state index is 12.9. The molecule has 0 saturated carbocycles. The normalized spacial score (nSPS) is 11.5. The highest BCUT2D eigenvalue weighted by molar-refractivity contribution is 7.98. The van der Waals surface area contributed by atoms with Crippen LogP contribution in [0.25, 0.3) is 0 Å². The second kappa shape index (κ2) is 7.80. The Hall–Kier alpha value is -2.87. The van der Waals surface area contributed by atoms with Gasteiger partial charge in [-0.15, -0.1) is 10.2 Å². The lowest BCUT2D eigenvalue weighted by atomic mass is 10.1. The van der Waals surface area contributed by atoms with Crippen molar-refractivity contribution in [2.24, 2.45) is 5.10 Å². The standard InChI is InChI=1S/C17H17FN6S/c1-12(14-5-3-2-4-6-14)20-21-16-22-23-17(24(16)19)25-11-13-7-9-15(18)10-8-13/h2-10H,11,19H2,1H3,(H,21,22)/b20-12+. The lowest BCUT2D eigenvalue weighted by Gasteiger charge is -2.04. The minimum atomic E-state index is -0.256. The molecule has 0 radical (unpaired) electrons. The van der Waals surface area contributed by atoms with Crippen LogP contribution in [0.1, 0.15) is 18.1 Å². The molecule has 1 heterocycles. The van der Waals surface area contributed by atoms with Gasteiger partial charge in [-0.3, -0.25) is 0 Å². The molecule has 0 fully saturated rings. The van der Waals surface area contributed by atoms with Crippen LogP contribution in [-0.2, 0) is 5.75 Å². The van der Waals surface area contributed by atoms with Crippen LogP contribution in [-0.4, -0.2) is 20.6 Å². The zero-order chi connectivity index (χ0) is 17.6. The highest BCUT2D eigenvalue weighted by Gasteiger charge is 2.10. The molecule has 128 valence electrons. The van der Waals surface area contributed by atoms with Crippen molar-refractivity contribution in [2.75, 3.05) is 11.3 Å². The maximum absolute atomic E-state index is 12.9. The Labute approximate surface area is 148 Å². The highest BCUT2D eigenvalue weighted by atomic mass is 32.2. The van der Waals surface area contributed by atoms with Crippen LogP contribution in [0.15, 0.2) is 64.9 Å². The molecule has 0 spiro atoms. The Morgan fingerprint density at radius 3 is 2.60 bits per heavy atom. The number of halogens is 1. The van der Waals surface area contributed by atoms with Crippen molar-refractivity contribution < 1.29 is 4.39 Å². The van der Waals surface area contributed by atoms with E-state index in [0.717, 1.165) is 16.8 Å². The zero-order valence-electron chi connectivity index (χ0n) is 13.6. The third-order valence-electron chi connectivity index (χ3n) is 3.46. The van der Waals surface area contributed by atoms with Gasteiger partial charge in [0.2, 0.25) is 5.16 Å². The topological polar surface area (TPSA) is 81.1 Å². The quantitative estimate of drug-likeness (QED) is 0.307. The molecule has 2 aromatic carbocycles. The average Bonchev–Trinajstić information content (AvgIpc) is 3.00. The smallest absolute Gasteiger partial charge is 0.264 e. The van der Waals surface area contributed by atoms with Crippen LogP contribution < -0.4 is 11.3 Å². The van der Waals surface area contributed by atoms with Gasteiger partial charge < -0.3 is 5.84 Å². The van der Waals surface area contributed by atoms with Gasteiger partial charge in [-0.2, -0.15) is 5.10 Å². The Kier molecular flexibility index (Phi) is 5.30. The Morgan fingerprint density at radius 2 is 1.88 bits per heavy atom. The number of hydrazone groups is 1. The van der Waals surface area contributed by atoms with Crippen molar-refractivity contribution in [1.82, 2.24) is 14.9 Å². The summed E-state index contributed by atoms with van der Waals surface area (Å²) in [7, 11) is 0. The number of nitrogens with two attached hydrogens (primary N) is 1. The fraction of sp³-hybridized carbons (Fsp3) is 0.118. The molecule has 0 atom stereocenters. The van der Waals surface area contributed by atoms with Crippen molar-refractivity contribution in [3.63, 3.8) is 0 Å². The van der Waals surface area contributed by atoms with E-state index in [1.807, 2.05) is 37.3 Å².